The highest BCUT2D eigenvalue weighted by Crippen LogP contribution is 2.22. The summed E-state index contributed by atoms with van der Waals surface area (Å²) in [7, 11) is 4.25. The van der Waals surface area contributed by atoms with Gasteiger partial charge in [-0.2, -0.15) is 5.10 Å². The van der Waals surface area contributed by atoms with Gasteiger partial charge < -0.3 is 10.2 Å². The molecular formula is C15H28N4. The quantitative estimate of drug-likeness (QED) is 0.851. The second kappa shape index (κ2) is 7.06. The zero-order chi connectivity index (χ0) is 13.7. The minimum atomic E-state index is 0.757. The molecule has 1 aliphatic carbocycles. The molecule has 4 nitrogen and oxygen atoms in total. The highest BCUT2D eigenvalue weighted by molar-refractivity contribution is 5.04. The van der Waals surface area contributed by atoms with Crippen LogP contribution in [0.4, 0.5) is 0 Å². The van der Waals surface area contributed by atoms with Gasteiger partial charge in [0.25, 0.3) is 0 Å². The zero-order valence-corrected chi connectivity index (χ0v) is 12.6. The average Bonchev–Trinajstić information content (AvgIpc) is 2.83. The molecule has 2 rings (SSSR count). The first-order valence-electron chi connectivity index (χ1n) is 7.60. The number of aromatic nitrogens is 2. The Kier molecular flexibility index (Phi) is 5.40. The van der Waals surface area contributed by atoms with E-state index in [2.05, 4.69) is 35.5 Å². The van der Waals surface area contributed by atoms with Crippen LogP contribution in [0.25, 0.3) is 0 Å². The SMILES string of the molecule is CCNC1CCC(N(C)CCc2cnn(C)c2)CC1. The Labute approximate surface area is 117 Å². The van der Waals surface area contributed by atoms with Gasteiger partial charge in [0.15, 0.2) is 0 Å². The van der Waals surface area contributed by atoms with E-state index in [1.807, 2.05) is 17.9 Å². The Morgan fingerprint density at radius 3 is 2.68 bits per heavy atom. The van der Waals surface area contributed by atoms with Gasteiger partial charge in [0.05, 0.1) is 6.20 Å². The van der Waals surface area contributed by atoms with Gasteiger partial charge in [-0.25, -0.2) is 0 Å². The third kappa shape index (κ3) is 4.32. The molecule has 0 unspecified atom stereocenters. The molecule has 1 aromatic heterocycles. The fraction of sp³-hybridized carbons (Fsp3) is 0.800. The van der Waals surface area contributed by atoms with Gasteiger partial charge in [0.2, 0.25) is 0 Å². The third-order valence-electron chi connectivity index (χ3n) is 4.32. The lowest BCUT2D eigenvalue weighted by Crippen LogP contribution is -2.41. The van der Waals surface area contributed by atoms with Crippen molar-refractivity contribution in [1.82, 2.24) is 20.0 Å². The number of nitrogens with one attached hydrogen (secondary N) is 1. The van der Waals surface area contributed by atoms with Crippen LogP contribution in [0.15, 0.2) is 12.4 Å². The predicted octanol–water partition coefficient (Wildman–Crippen LogP) is 1.82. The Bertz CT molecular complexity index is 366. The standard InChI is InChI=1S/C15H28N4/c1-4-16-14-5-7-15(8-6-14)18(2)10-9-13-11-17-19(3)12-13/h11-12,14-16H,4-10H2,1-3H3. The molecule has 1 aliphatic rings. The van der Waals surface area contributed by atoms with E-state index in [4.69, 9.17) is 0 Å². The van der Waals surface area contributed by atoms with Crippen molar-refractivity contribution in [2.24, 2.45) is 7.05 Å². The summed E-state index contributed by atoms with van der Waals surface area (Å²) in [6, 6.07) is 1.53. The van der Waals surface area contributed by atoms with E-state index in [0.717, 1.165) is 31.6 Å². The highest BCUT2D eigenvalue weighted by Gasteiger charge is 2.23. The van der Waals surface area contributed by atoms with Crippen LogP contribution in [0.3, 0.4) is 0 Å². The fourth-order valence-corrected chi connectivity index (χ4v) is 3.10. The Morgan fingerprint density at radius 1 is 1.37 bits per heavy atom. The van der Waals surface area contributed by atoms with Crippen molar-refractivity contribution >= 4 is 0 Å². The molecule has 0 bridgehead atoms. The molecule has 1 fully saturated rings. The first-order valence-corrected chi connectivity index (χ1v) is 7.60. The van der Waals surface area contributed by atoms with Gasteiger partial charge in [-0.15, -0.1) is 0 Å². The van der Waals surface area contributed by atoms with Crippen molar-refractivity contribution in [2.45, 2.75) is 51.1 Å². The second-order valence-corrected chi connectivity index (χ2v) is 5.82. The summed E-state index contributed by atoms with van der Waals surface area (Å²) >= 11 is 0. The number of rotatable bonds is 6. The van der Waals surface area contributed by atoms with Gasteiger partial charge in [-0.3, -0.25) is 4.68 Å². The van der Waals surface area contributed by atoms with Crippen molar-refractivity contribution in [3.05, 3.63) is 18.0 Å². The minimum absolute atomic E-state index is 0.757. The maximum atomic E-state index is 4.23. The van der Waals surface area contributed by atoms with Crippen LogP contribution in [0.1, 0.15) is 38.2 Å². The number of nitrogens with zero attached hydrogens (tertiary/aromatic N) is 3. The fourth-order valence-electron chi connectivity index (χ4n) is 3.10. The minimum Gasteiger partial charge on any atom is -0.314 e. The van der Waals surface area contributed by atoms with Gasteiger partial charge >= 0.3 is 0 Å². The summed E-state index contributed by atoms with van der Waals surface area (Å²) in [5, 5.41) is 7.80. The van der Waals surface area contributed by atoms with E-state index in [0.29, 0.717) is 0 Å². The van der Waals surface area contributed by atoms with Crippen molar-refractivity contribution in [3.8, 4) is 0 Å². The molecule has 0 radical (unpaired) electrons. The van der Waals surface area contributed by atoms with Crippen LogP contribution in [-0.4, -0.2) is 46.9 Å². The smallest absolute Gasteiger partial charge is 0.0522 e. The summed E-state index contributed by atoms with van der Waals surface area (Å²) in [6.07, 6.45) is 10.5. The van der Waals surface area contributed by atoms with E-state index < -0.39 is 0 Å². The van der Waals surface area contributed by atoms with E-state index >= 15 is 0 Å². The molecule has 1 aromatic rings. The zero-order valence-electron chi connectivity index (χ0n) is 12.6. The second-order valence-electron chi connectivity index (χ2n) is 5.82. The molecule has 0 spiro atoms. The summed E-state index contributed by atoms with van der Waals surface area (Å²) in [6.45, 7) is 4.44. The topological polar surface area (TPSA) is 33.1 Å². The monoisotopic (exact) mass is 264 g/mol. The van der Waals surface area contributed by atoms with Crippen LogP contribution in [0, 0.1) is 0 Å². The lowest BCUT2D eigenvalue weighted by atomic mass is 9.90. The highest BCUT2D eigenvalue weighted by atomic mass is 15.2. The van der Waals surface area contributed by atoms with Gasteiger partial charge in [-0.05, 0) is 51.3 Å². The van der Waals surface area contributed by atoms with E-state index in [-0.39, 0.29) is 0 Å². The first kappa shape index (κ1) is 14.5. The lowest BCUT2D eigenvalue weighted by molar-refractivity contribution is 0.176. The largest absolute Gasteiger partial charge is 0.314 e. The average molecular weight is 264 g/mol. The number of likely N-dealkylation sites (N-methyl/N-ethyl adjacent to an activating group) is 1. The van der Waals surface area contributed by atoms with Crippen LogP contribution >= 0.6 is 0 Å². The molecule has 0 amide bonds. The molecule has 0 aliphatic heterocycles. The van der Waals surface area contributed by atoms with Crippen LogP contribution in [0.2, 0.25) is 0 Å². The maximum Gasteiger partial charge on any atom is 0.0522 e. The Balaban J connectivity index is 1.70. The number of hydrogen-bond acceptors (Lipinski definition) is 3. The third-order valence-corrected chi connectivity index (χ3v) is 4.32. The number of aryl methyl sites for hydroxylation is 1. The van der Waals surface area contributed by atoms with Crippen molar-refractivity contribution in [2.75, 3.05) is 20.1 Å². The van der Waals surface area contributed by atoms with Gasteiger partial charge in [0.1, 0.15) is 0 Å². The van der Waals surface area contributed by atoms with Crippen LogP contribution < -0.4 is 5.32 Å². The molecule has 108 valence electrons. The van der Waals surface area contributed by atoms with E-state index in [9.17, 15) is 0 Å². The summed E-state index contributed by atoms with van der Waals surface area (Å²) in [4.78, 5) is 2.54. The molecular weight excluding hydrogens is 236 g/mol. The Morgan fingerprint density at radius 2 is 2.11 bits per heavy atom. The molecule has 19 heavy (non-hydrogen) atoms. The molecule has 1 heterocycles. The summed E-state index contributed by atoms with van der Waals surface area (Å²) in [5.41, 5.74) is 1.34. The molecule has 0 saturated heterocycles. The van der Waals surface area contributed by atoms with Crippen LogP contribution in [0.5, 0.6) is 0 Å². The van der Waals surface area contributed by atoms with E-state index in [1.165, 1.54) is 31.2 Å². The summed E-state index contributed by atoms with van der Waals surface area (Å²) in [5.74, 6) is 0. The normalized spacial score (nSPS) is 24.0. The summed E-state index contributed by atoms with van der Waals surface area (Å²) < 4.78 is 1.89. The molecule has 4 heteroatoms. The van der Waals surface area contributed by atoms with E-state index in [1.54, 1.807) is 0 Å². The van der Waals surface area contributed by atoms with Crippen LogP contribution in [-0.2, 0) is 13.5 Å². The van der Waals surface area contributed by atoms with Gasteiger partial charge in [0, 0.05) is 31.9 Å². The van der Waals surface area contributed by atoms with Crippen molar-refractivity contribution < 1.29 is 0 Å². The predicted molar refractivity (Wildman–Crippen MR) is 79.3 cm³/mol. The van der Waals surface area contributed by atoms with Gasteiger partial charge in [-0.1, -0.05) is 6.92 Å². The maximum absolute atomic E-state index is 4.23. The molecule has 0 aromatic carbocycles. The first-order chi connectivity index (χ1) is 9.19. The van der Waals surface area contributed by atoms with Crippen molar-refractivity contribution in [3.63, 3.8) is 0 Å². The molecule has 1 N–H and O–H groups in total. The number of hydrogen-bond donors (Lipinski definition) is 1. The molecule has 0 atom stereocenters. The molecule has 1 saturated carbocycles. The Hall–Kier alpha value is -0.870. The van der Waals surface area contributed by atoms with Crippen molar-refractivity contribution in [1.29, 1.82) is 0 Å². The lowest BCUT2D eigenvalue weighted by Gasteiger charge is -2.35.